The van der Waals surface area contributed by atoms with Gasteiger partial charge in [0.05, 0.1) is 55.9 Å². The second-order valence-corrected chi connectivity index (χ2v) is 9.33. The zero-order valence-electron chi connectivity index (χ0n) is 18.8. The summed E-state index contributed by atoms with van der Waals surface area (Å²) in [5.74, 6) is -0.188. The highest BCUT2D eigenvalue weighted by atomic mass is 16.6. The van der Waals surface area contributed by atoms with E-state index in [0.29, 0.717) is 32.1 Å². The van der Waals surface area contributed by atoms with Crippen molar-refractivity contribution >= 4 is 5.97 Å². The van der Waals surface area contributed by atoms with E-state index in [1.165, 1.54) is 7.11 Å². The van der Waals surface area contributed by atoms with Gasteiger partial charge in [0.1, 0.15) is 0 Å². The first-order valence-electron chi connectivity index (χ1n) is 11.4. The van der Waals surface area contributed by atoms with Gasteiger partial charge in [0.2, 0.25) is 0 Å². The predicted molar refractivity (Wildman–Crippen MR) is 112 cm³/mol. The van der Waals surface area contributed by atoms with Crippen molar-refractivity contribution in [3.8, 4) is 0 Å². The van der Waals surface area contributed by atoms with Gasteiger partial charge in [-0.3, -0.25) is 4.79 Å². The van der Waals surface area contributed by atoms with E-state index in [1.54, 1.807) is 0 Å². The van der Waals surface area contributed by atoms with Gasteiger partial charge in [0, 0.05) is 31.8 Å². The van der Waals surface area contributed by atoms with E-state index in [4.69, 9.17) is 18.9 Å². The number of carbonyl (C=O) groups excluding carboxylic acids is 1. The van der Waals surface area contributed by atoms with E-state index in [2.05, 4.69) is 13.5 Å². The maximum absolute atomic E-state index is 11.5. The lowest BCUT2D eigenvalue weighted by molar-refractivity contribution is -0.269. The number of fused-ring (bicyclic) bond motifs is 1. The molecule has 0 aromatic heterocycles. The molecule has 8 nitrogen and oxygen atoms in total. The van der Waals surface area contributed by atoms with E-state index < -0.39 is 24.4 Å². The zero-order valence-corrected chi connectivity index (χ0v) is 18.8. The van der Waals surface area contributed by atoms with Crippen molar-refractivity contribution in [2.45, 2.75) is 101 Å². The number of aliphatic hydroxyl groups excluding tert-OH is 3. The van der Waals surface area contributed by atoms with Gasteiger partial charge in [0.25, 0.3) is 0 Å². The van der Waals surface area contributed by atoms with Crippen molar-refractivity contribution in [2.24, 2.45) is 11.8 Å². The lowest BCUT2D eigenvalue weighted by atomic mass is 9.79. The van der Waals surface area contributed by atoms with Crippen molar-refractivity contribution in [1.82, 2.24) is 0 Å². The van der Waals surface area contributed by atoms with Crippen molar-refractivity contribution < 1.29 is 39.1 Å². The number of rotatable bonds is 7. The Hall–Kier alpha value is -1.03. The van der Waals surface area contributed by atoms with Crippen LogP contribution in [0.3, 0.4) is 0 Å². The minimum absolute atomic E-state index is 0.0595. The summed E-state index contributed by atoms with van der Waals surface area (Å²) < 4.78 is 23.2. The molecule has 0 radical (unpaired) electrons. The van der Waals surface area contributed by atoms with Crippen LogP contribution in [0.4, 0.5) is 0 Å². The Labute approximate surface area is 184 Å². The van der Waals surface area contributed by atoms with Crippen molar-refractivity contribution in [1.29, 1.82) is 0 Å². The third kappa shape index (κ3) is 5.67. The van der Waals surface area contributed by atoms with Gasteiger partial charge in [0.15, 0.2) is 0 Å². The molecule has 3 heterocycles. The van der Waals surface area contributed by atoms with E-state index in [9.17, 15) is 20.1 Å². The molecule has 3 saturated heterocycles. The monoisotopic (exact) mass is 442 g/mol. The van der Waals surface area contributed by atoms with Crippen LogP contribution < -0.4 is 0 Å². The number of hydrogen-bond acceptors (Lipinski definition) is 8. The molecule has 8 heteroatoms. The van der Waals surface area contributed by atoms with Crippen LogP contribution in [0.1, 0.15) is 52.4 Å². The average Bonchev–Trinajstić information content (AvgIpc) is 2.74. The number of hydrogen-bond donors (Lipinski definition) is 3. The molecule has 178 valence electrons. The normalized spacial score (nSPS) is 43.4. The van der Waals surface area contributed by atoms with Crippen molar-refractivity contribution in [2.75, 3.05) is 13.7 Å². The third-order valence-corrected chi connectivity index (χ3v) is 7.17. The molecule has 0 spiro atoms. The molecule has 3 fully saturated rings. The zero-order chi connectivity index (χ0) is 22.7. The average molecular weight is 443 g/mol. The summed E-state index contributed by atoms with van der Waals surface area (Å²) in [5, 5.41) is 30.5. The van der Waals surface area contributed by atoms with Crippen LogP contribution in [0.2, 0.25) is 0 Å². The van der Waals surface area contributed by atoms with Gasteiger partial charge in [-0.05, 0) is 30.8 Å². The molecule has 3 N–H and O–H groups in total. The molecule has 0 aromatic carbocycles. The van der Waals surface area contributed by atoms with Crippen LogP contribution in [-0.4, -0.2) is 83.8 Å². The van der Waals surface area contributed by atoms with Crippen LogP contribution in [0.5, 0.6) is 0 Å². The topological polar surface area (TPSA) is 115 Å². The molecule has 31 heavy (non-hydrogen) atoms. The molecular formula is C23H38O8. The molecule has 0 amide bonds. The predicted octanol–water partition coefficient (Wildman–Crippen LogP) is 1.34. The number of ether oxygens (including phenoxy) is 4. The Morgan fingerprint density at radius 2 is 1.87 bits per heavy atom. The summed E-state index contributed by atoms with van der Waals surface area (Å²) in [6.45, 7) is 8.19. The van der Waals surface area contributed by atoms with Crippen LogP contribution >= 0.6 is 0 Å². The molecule has 3 aliphatic heterocycles. The third-order valence-electron chi connectivity index (χ3n) is 7.17. The Morgan fingerprint density at radius 3 is 2.55 bits per heavy atom. The number of methoxy groups -OCH3 is 1. The molecule has 3 aliphatic rings. The van der Waals surface area contributed by atoms with Crippen LogP contribution in [0.25, 0.3) is 0 Å². The lowest BCUT2D eigenvalue weighted by Gasteiger charge is -2.50. The van der Waals surface area contributed by atoms with Gasteiger partial charge in [-0.15, -0.1) is 0 Å². The summed E-state index contributed by atoms with van der Waals surface area (Å²) in [6, 6.07) is 0. The summed E-state index contributed by atoms with van der Waals surface area (Å²) >= 11 is 0. The van der Waals surface area contributed by atoms with Gasteiger partial charge < -0.3 is 34.3 Å². The molecule has 0 saturated carbocycles. The summed E-state index contributed by atoms with van der Waals surface area (Å²) in [5.41, 5.74) is 0.975. The van der Waals surface area contributed by atoms with E-state index in [0.717, 1.165) is 12.0 Å². The first-order valence-corrected chi connectivity index (χ1v) is 11.4. The Morgan fingerprint density at radius 1 is 1.13 bits per heavy atom. The first kappa shape index (κ1) is 24.6. The van der Waals surface area contributed by atoms with E-state index in [-0.39, 0.29) is 48.8 Å². The second kappa shape index (κ2) is 10.7. The number of esters is 1. The smallest absolute Gasteiger partial charge is 0.305 e. The van der Waals surface area contributed by atoms with Crippen LogP contribution in [0, 0.1) is 11.8 Å². The summed E-state index contributed by atoms with van der Waals surface area (Å²) in [4.78, 5) is 11.5. The maximum atomic E-state index is 11.5. The summed E-state index contributed by atoms with van der Waals surface area (Å²) in [7, 11) is 1.38. The minimum Gasteiger partial charge on any atom is -0.469 e. The molecule has 0 bridgehead atoms. The molecule has 0 aromatic rings. The SMILES string of the molecule is C=C1C(C[C@@H]2O[C@H]3C[C@@H](O)[C@@H](CCO)O[C@H]3[C@H](C)[C@H]2O)OC(CCC(=O)OC)C[C@H]1C. The van der Waals surface area contributed by atoms with E-state index >= 15 is 0 Å². The lowest BCUT2D eigenvalue weighted by Crippen LogP contribution is -2.60. The highest BCUT2D eigenvalue weighted by molar-refractivity contribution is 5.69. The van der Waals surface area contributed by atoms with Crippen LogP contribution in [-0.2, 0) is 23.7 Å². The van der Waals surface area contributed by atoms with Crippen molar-refractivity contribution in [3.05, 3.63) is 12.2 Å². The highest BCUT2D eigenvalue weighted by Gasteiger charge is 2.49. The molecular weight excluding hydrogens is 404 g/mol. The summed E-state index contributed by atoms with van der Waals surface area (Å²) in [6.07, 6.45) is -0.432. The number of aliphatic hydroxyl groups is 3. The molecule has 2 unspecified atom stereocenters. The quantitative estimate of drug-likeness (QED) is 0.400. The molecule has 0 aliphatic carbocycles. The fourth-order valence-electron chi connectivity index (χ4n) is 5.14. The Balaban J connectivity index is 1.63. The Bertz CT molecular complexity index is 625. The standard InChI is InChI=1S/C23H38O8/c1-12-9-15(5-6-21(26)28-4)29-18(13(12)2)11-19-22(27)14(3)23-20(30-19)10-16(25)17(31-23)7-8-24/h12,14-20,22-25,27H,2,5-11H2,1,3-4H3/t12-,14-,15?,16-,17-,18?,19+,20+,22-,23+/m1/s1. The minimum atomic E-state index is -0.742. The Kier molecular flexibility index (Phi) is 8.51. The van der Waals surface area contributed by atoms with E-state index in [1.807, 2.05) is 6.92 Å². The number of carbonyl (C=O) groups is 1. The van der Waals surface area contributed by atoms with Crippen molar-refractivity contribution in [3.63, 3.8) is 0 Å². The van der Waals surface area contributed by atoms with Crippen LogP contribution in [0.15, 0.2) is 12.2 Å². The van der Waals surface area contributed by atoms with Gasteiger partial charge >= 0.3 is 5.97 Å². The first-order chi connectivity index (χ1) is 14.7. The van der Waals surface area contributed by atoms with Gasteiger partial charge in [-0.25, -0.2) is 0 Å². The van der Waals surface area contributed by atoms with Gasteiger partial charge in [-0.2, -0.15) is 0 Å². The molecule has 3 rings (SSSR count). The maximum Gasteiger partial charge on any atom is 0.305 e. The van der Waals surface area contributed by atoms with Gasteiger partial charge in [-0.1, -0.05) is 20.4 Å². The fraction of sp³-hybridized carbons (Fsp3) is 0.870. The fourth-order valence-corrected chi connectivity index (χ4v) is 5.14. The second-order valence-electron chi connectivity index (χ2n) is 9.33. The highest BCUT2D eigenvalue weighted by Crippen LogP contribution is 2.40. The molecule has 10 atom stereocenters. The largest absolute Gasteiger partial charge is 0.469 e.